The monoisotopic (exact) mass is 256 g/mol. The molecule has 0 unspecified atom stereocenters. The van der Waals surface area contributed by atoms with Crippen LogP contribution in [-0.4, -0.2) is 23.4 Å². The van der Waals surface area contributed by atoms with E-state index in [2.05, 4.69) is 16.0 Å². The molecule has 0 atom stereocenters. The van der Waals surface area contributed by atoms with Crippen molar-refractivity contribution in [3.05, 3.63) is 29.8 Å². The van der Waals surface area contributed by atoms with Gasteiger partial charge in [-0.15, -0.1) is 0 Å². The summed E-state index contributed by atoms with van der Waals surface area (Å²) >= 11 is 1.68. The first-order valence-electron chi connectivity index (χ1n) is 6.01. The van der Waals surface area contributed by atoms with Gasteiger partial charge in [0.25, 0.3) is 0 Å². The first-order valence-corrected chi connectivity index (χ1v) is 6.83. The number of fused-ring (bicyclic) bond motifs is 5. The maximum Gasteiger partial charge on any atom is 0.168 e. The molecule has 4 heteroatoms. The molecule has 3 nitrogen and oxygen atoms in total. The number of nitrogens with zero attached hydrogens (tertiary/aromatic N) is 2. The highest BCUT2D eigenvalue weighted by Crippen LogP contribution is 2.51. The van der Waals surface area contributed by atoms with Crippen molar-refractivity contribution in [2.45, 2.75) is 11.8 Å². The van der Waals surface area contributed by atoms with E-state index in [-0.39, 0.29) is 0 Å². The van der Waals surface area contributed by atoms with Crippen molar-refractivity contribution in [3.8, 4) is 5.75 Å². The quantitative estimate of drug-likeness (QED) is 0.786. The molecule has 0 amide bonds. The minimum Gasteiger partial charge on any atom is -0.507 e. The third-order valence-electron chi connectivity index (χ3n) is 3.61. The Labute approximate surface area is 109 Å². The van der Waals surface area contributed by atoms with Gasteiger partial charge >= 0.3 is 0 Å². The standard InChI is InChI=1S/C14H12N2OS/c1-8-12(17)10-5-3-2-4-9(10)11-13(8)18-14-15-6-7-16(11)14/h2-5,17H,6-7H2,1H3. The van der Waals surface area contributed by atoms with Gasteiger partial charge in [-0.1, -0.05) is 24.3 Å². The lowest BCUT2D eigenvalue weighted by molar-refractivity contribution is 0.476. The van der Waals surface area contributed by atoms with E-state index in [0.29, 0.717) is 5.75 Å². The number of benzene rings is 2. The highest BCUT2D eigenvalue weighted by Gasteiger charge is 2.33. The molecule has 90 valence electrons. The van der Waals surface area contributed by atoms with Crippen LogP contribution in [0.15, 0.2) is 34.2 Å². The van der Waals surface area contributed by atoms with Gasteiger partial charge in [-0.2, -0.15) is 0 Å². The fourth-order valence-electron chi connectivity index (χ4n) is 2.71. The molecule has 1 N–H and O–H groups in total. The molecule has 0 bridgehead atoms. The minimum absolute atomic E-state index is 0.402. The Morgan fingerprint density at radius 1 is 1.28 bits per heavy atom. The molecular formula is C14H12N2OS. The van der Waals surface area contributed by atoms with Gasteiger partial charge in [-0.05, 0) is 18.7 Å². The summed E-state index contributed by atoms with van der Waals surface area (Å²) in [5.41, 5.74) is 2.19. The summed E-state index contributed by atoms with van der Waals surface area (Å²) in [7, 11) is 0. The molecule has 0 aromatic heterocycles. The molecule has 0 saturated carbocycles. The molecule has 4 rings (SSSR count). The zero-order chi connectivity index (χ0) is 12.3. The number of hydrogen-bond acceptors (Lipinski definition) is 4. The lowest BCUT2D eigenvalue weighted by atomic mass is 10.0. The zero-order valence-corrected chi connectivity index (χ0v) is 10.8. The summed E-state index contributed by atoms with van der Waals surface area (Å²) in [6, 6.07) is 8.05. The van der Waals surface area contributed by atoms with Crippen LogP contribution in [0.3, 0.4) is 0 Å². The van der Waals surface area contributed by atoms with Crippen LogP contribution in [0.1, 0.15) is 5.56 Å². The molecule has 0 fully saturated rings. The second-order valence-corrected chi connectivity index (χ2v) is 5.59. The van der Waals surface area contributed by atoms with Crippen molar-refractivity contribution in [3.63, 3.8) is 0 Å². The lowest BCUT2D eigenvalue weighted by Crippen LogP contribution is -2.20. The van der Waals surface area contributed by atoms with Crippen LogP contribution < -0.4 is 4.90 Å². The van der Waals surface area contributed by atoms with E-state index in [4.69, 9.17) is 0 Å². The van der Waals surface area contributed by atoms with Gasteiger partial charge in [-0.25, -0.2) is 0 Å². The number of phenols is 1. The smallest absolute Gasteiger partial charge is 0.168 e. The largest absolute Gasteiger partial charge is 0.507 e. The van der Waals surface area contributed by atoms with E-state index in [9.17, 15) is 5.11 Å². The minimum atomic E-state index is 0.402. The van der Waals surface area contributed by atoms with Gasteiger partial charge in [0, 0.05) is 27.8 Å². The average molecular weight is 256 g/mol. The third-order valence-corrected chi connectivity index (χ3v) is 4.85. The van der Waals surface area contributed by atoms with Crippen LogP contribution in [0, 0.1) is 6.92 Å². The molecule has 0 spiro atoms. The summed E-state index contributed by atoms with van der Waals surface area (Å²) in [5, 5.41) is 13.4. The Bertz CT molecular complexity index is 708. The number of aliphatic imine (C=N–C) groups is 1. The van der Waals surface area contributed by atoms with E-state index in [1.165, 1.54) is 5.69 Å². The highest BCUT2D eigenvalue weighted by molar-refractivity contribution is 8.14. The highest BCUT2D eigenvalue weighted by atomic mass is 32.2. The Morgan fingerprint density at radius 2 is 2.06 bits per heavy atom. The molecule has 2 aliphatic heterocycles. The molecule has 2 heterocycles. The third kappa shape index (κ3) is 1.13. The molecule has 0 radical (unpaired) electrons. The van der Waals surface area contributed by atoms with Gasteiger partial charge < -0.3 is 10.0 Å². The summed E-state index contributed by atoms with van der Waals surface area (Å²) < 4.78 is 0. The summed E-state index contributed by atoms with van der Waals surface area (Å²) in [6.45, 7) is 3.80. The topological polar surface area (TPSA) is 35.8 Å². The molecular weight excluding hydrogens is 244 g/mol. The van der Waals surface area contributed by atoms with Crippen molar-refractivity contribution in [2.24, 2.45) is 4.99 Å². The Balaban J connectivity index is 2.15. The zero-order valence-electron chi connectivity index (χ0n) is 9.97. The van der Waals surface area contributed by atoms with Gasteiger partial charge in [0.15, 0.2) is 5.17 Å². The first-order chi connectivity index (χ1) is 8.77. The predicted molar refractivity (Wildman–Crippen MR) is 75.9 cm³/mol. The number of phenolic OH excluding ortho intramolecular Hbond substituents is 1. The number of aromatic hydroxyl groups is 1. The Kier molecular flexibility index (Phi) is 1.95. The molecule has 0 aliphatic carbocycles. The van der Waals surface area contributed by atoms with E-state index >= 15 is 0 Å². The molecule has 18 heavy (non-hydrogen) atoms. The number of amidine groups is 1. The van der Waals surface area contributed by atoms with Crippen molar-refractivity contribution >= 4 is 33.4 Å². The fourth-order valence-corrected chi connectivity index (χ4v) is 3.91. The number of anilines is 1. The number of hydrogen-bond donors (Lipinski definition) is 1. The molecule has 0 saturated heterocycles. The van der Waals surface area contributed by atoms with Gasteiger partial charge in [0.1, 0.15) is 5.75 Å². The van der Waals surface area contributed by atoms with Crippen molar-refractivity contribution in [1.82, 2.24) is 0 Å². The van der Waals surface area contributed by atoms with Crippen LogP contribution in [0.5, 0.6) is 5.75 Å². The van der Waals surface area contributed by atoms with E-state index < -0.39 is 0 Å². The summed E-state index contributed by atoms with van der Waals surface area (Å²) in [6.07, 6.45) is 0. The van der Waals surface area contributed by atoms with Gasteiger partial charge in [0.05, 0.1) is 12.2 Å². The van der Waals surface area contributed by atoms with E-state index in [1.54, 1.807) is 11.8 Å². The molecule has 2 aliphatic rings. The molecule has 2 aromatic carbocycles. The van der Waals surface area contributed by atoms with E-state index in [1.807, 2.05) is 25.1 Å². The Hall–Kier alpha value is -1.68. The second kappa shape index (κ2) is 3.42. The van der Waals surface area contributed by atoms with Gasteiger partial charge in [-0.3, -0.25) is 4.99 Å². The van der Waals surface area contributed by atoms with Crippen LogP contribution in [-0.2, 0) is 0 Å². The lowest BCUT2D eigenvalue weighted by Gasteiger charge is -2.17. The maximum atomic E-state index is 10.3. The van der Waals surface area contributed by atoms with Crippen LogP contribution in [0.4, 0.5) is 5.69 Å². The van der Waals surface area contributed by atoms with Crippen molar-refractivity contribution < 1.29 is 5.11 Å². The van der Waals surface area contributed by atoms with Crippen LogP contribution >= 0.6 is 11.8 Å². The average Bonchev–Trinajstić information content (AvgIpc) is 2.96. The SMILES string of the molecule is Cc1c2c(c3ccccc3c1O)N1CCN=C1S2. The van der Waals surface area contributed by atoms with Crippen molar-refractivity contribution in [2.75, 3.05) is 18.0 Å². The number of rotatable bonds is 0. The fraction of sp³-hybridized carbons (Fsp3) is 0.214. The second-order valence-electron chi connectivity index (χ2n) is 4.61. The van der Waals surface area contributed by atoms with Crippen LogP contribution in [0.2, 0.25) is 0 Å². The predicted octanol–water partition coefficient (Wildman–Crippen LogP) is 3.14. The number of thioether (sulfide) groups is 1. The van der Waals surface area contributed by atoms with Crippen LogP contribution in [0.25, 0.3) is 10.8 Å². The van der Waals surface area contributed by atoms with Gasteiger partial charge in [0.2, 0.25) is 0 Å². The van der Waals surface area contributed by atoms with Crippen molar-refractivity contribution in [1.29, 1.82) is 0 Å². The molecule has 2 aromatic rings. The van der Waals surface area contributed by atoms with E-state index in [0.717, 1.165) is 39.5 Å². The normalized spacial score (nSPS) is 16.9. The summed E-state index contributed by atoms with van der Waals surface area (Å²) in [5.74, 6) is 0.402. The first kappa shape index (κ1) is 10.3. The maximum absolute atomic E-state index is 10.3. The summed E-state index contributed by atoms with van der Waals surface area (Å²) in [4.78, 5) is 7.94. The Morgan fingerprint density at radius 3 is 2.89 bits per heavy atom.